The summed E-state index contributed by atoms with van der Waals surface area (Å²) < 4.78 is 4.33. The summed E-state index contributed by atoms with van der Waals surface area (Å²) in [5.74, 6) is -1.28. The Kier molecular flexibility index (Phi) is 2.81. The van der Waals surface area contributed by atoms with Crippen LogP contribution in [-0.2, 0) is 14.3 Å². The number of hydrogen-bond acceptors (Lipinski definition) is 4. The monoisotopic (exact) mass is 172 g/mol. The van der Waals surface area contributed by atoms with Gasteiger partial charge in [0.15, 0.2) is 6.10 Å². The molecular weight excluding hydrogens is 160 g/mol. The largest absolute Gasteiger partial charge is 0.467 e. The van der Waals surface area contributed by atoms with Gasteiger partial charge in [-0.2, -0.15) is 0 Å². The van der Waals surface area contributed by atoms with Gasteiger partial charge in [-0.15, -0.1) is 0 Å². The van der Waals surface area contributed by atoms with Gasteiger partial charge in [-0.3, -0.25) is 4.79 Å². The van der Waals surface area contributed by atoms with E-state index in [1.54, 1.807) is 0 Å². The highest BCUT2D eigenvalue weighted by Crippen LogP contribution is 2.24. The number of ether oxygens (including phenoxy) is 1. The second kappa shape index (κ2) is 3.67. The predicted octanol–water partition coefficient (Wildman–Crippen LogP) is -0.111. The number of aliphatic hydroxyl groups is 1. The molecule has 0 aromatic heterocycles. The van der Waals surface area contributed by atoms with Crippen molar-refractivity contribution in [2.45, 2.75) is 25.4 Å². The zero-order valence-electron chi connectivity index (χ0n) is 6.95. The van der Waals surface area contributed by atoms with E-state index in [1.165, 1.54) is 7.11 Å². The molecule has 1 aliphatic rings. The van der Waals surface area contributed by atoms with Gasteiger partial charge in [0.1, 0.15) is 5.78 Å². The second-order valence-electron chi connectivity index (χ2n) is 2.93. The van der Waals surface area contributed by atoms with Gasteiger partial charge in [0.25, 0.3) is 0 Å². The van der Waals surface area contributed by atoms with Crippen LogP contribution >= 0.6 is 0 Å². The molecule has 0 amide bonds. The summed E-state index contributed by atoms with van der Waals surface area (Å²) in [5.41, 5.74) is 0. The molecule has 12 heavy (non-hydrogen) atoms. The zero-order valence-corrected chi connectivity index (χ0v) is 6.95. The molecule has 1 rings (SSSR count). The quantitative estimate of drug-likeness (QED) is 0.590. The minimum atomic E-state index is -1.26. The first-order valence-electron chi connectivity index (χ1n) is 3.95. The van der Waals surface area contributed by atoms with E-state index < -0.39 is 18.0 Å². The van der Waals surface area contributed by atoms with Crippen molar-refractivity contribution in [2.24, 2.45) is 5.92 Å². The van der Waals surface area contributed by atoms with Crippen molar-refractivity contribution in [3.8, 4) is 0 Å². The molecule has 1 aliphatic carbocycles. The Morgan fingerprint density at radius 2 is 2.42 bits per heavy atom. The van der Waals surface area contributed by atoms with Gasteiger partial charge in [0, 0.05) is 6.42 Å². The molecule has 1 saturated carbocycles. The Hall–Kier alpha value is -0.900. The molecule has 0 aromatic carbocycles. The summed E-state index contributed by atoms with van der Waals surface area (Å²) in [6.07, 6.45) is 0.566. The van der Waals surface area contributed by atoms with Gasteiger partial charge in [-0.1, -0.05) is 0 Å². The highest BCUT2D eigenvalue weighted by atomic mass is 16.5. The van der Waals surface area contributed by atoms with Crippen molar-refractivity contribution < 1.29 is 19.4 Å². The fourth-order valence-corrected chi connectivity index (χ4v) is 1.46. The Balaban J connectivity index is 2.57. The van der Waals surface area contributed by atoms with Crippen LogP contribution in [0.15, 0.2) is 0 Å². The lowest BCUT2D eigenvalue weighted by molar-refractivity contribution is -0.155. The molecule has 0 radical (unpaired) electrons. The maximum absolute atomic E-state index is 11.1. The summed E-state index contributed by atoms with van der Waals surface area (Å²) >= 11 is 0. The summed E-state index contributed by atoms with van der Waals surface area (Å²) in [6, 6.07) is 0. The Bertz CT molecular complexity index is 199. The van der Waals surface area contributed by atoms with Crippen LogP contribution in [0.5, 0.6) is 0 Å². The Labute approximate surface area is 70.5 Å². The Morgan fingerprint density at radius 3 is 2.83 bits per heavy atom. The van der Waals surface area contributed by atoms with Crippen molar-refractivity contribution in [1.82, 2.24) is 0 Å². The van der Waals surface area contributed by atoms with Gasteiger partial charge < -0.3 is 9.84 Å². The standard InChI is InChI=1S/C8H12O4/c1-12-8(11)7(10)5-3-2-4-6(5)9/h5,7,10H,2-4H2,1H3/t5-,7-/m1/s1. The lowest BCUT2D eigenvalue weighted by Gasteiger charge is -2.13. The summed E-state index contributed by atoms with van der Waals surface area (Å²) in [7, 11) is 1.20. The van der Waals surface area contributed by atoms with E-state index >= 15 is 0 Å². The average molecular weight is 172 g/mol. The smallest absolute Gasteiger partial charge is 0.335 e. The fraction of sp³-hybridized carbons (Fsp3) is 0.750. The number of Topliss-reactive ketones (excluding diaryl/α,β-unsaturated/α-hetero) is 1. The summed E-state index contributed by atoms with van der Waals surface area (Å²) in [5, 5.41) is 9.29. The van der Waals surface area contributed by atoms with E-state index in [2.05, 4.69) is 4.74 Å². The van der Waals surface area contributed by atoms with Crippen LogP contribution in [0.4, 0.5) is 0 Å². The molecule has 0 aromatic rings. The van der Waals surface area contributed by atoms with Crippen molar-refractivity contribution in [1.29, 1.82) is 0 Å². The molecule has 1 N–H and O–H groups in total. The number of carbonyl (C=O) groups excluding carboxylic acids is 2. The highest BCUT2D eigenvalue weighted by molar-refractivity contribution is 5.89. The van der Waals surface area contributed by atoms with Crippen LogP contribution in [0.3, 0.4) is 0 Å². The van der Waals surface area contributed by atoms with Gasteiger partial charge in [-0.25, -0.2) is 4.79 Å². The normalized spacial score (nSPS) is 25.5. The van der Waals surface area contributed by atoms with Crippen LogP contribution in [0.1, 0.15) is 19.3 Å². The lowest BCUT2D eigenvalue weighted by Crippen LogP contribution is -2.32. The molecule has 4 nitrogen and oxygen atoms in total. The molecule has 1 fully saturated rings. The van der Waals surface area contributed by atoms with Crippen molar-refractivity contribution in [2.75, 3.05) is 7.11 Å². The number of carbonyl (C=O) groups is 2. The molecule has 0 saturated heterocycles. The molecule has 4 heteroatoms. The van der Waals surface area contributed by atoms with Crippen LogP contribution in [0.2, 0.25) is 0 Å². The first-order valence-corrected chi connectivity index (χ1v) is 3.95. The molecule has 0 aliphatic heterocycles. The zero-order chi connectivity index (χ0) is 9.14. The summed E-state index contributed by atoms with van der Waals surface area (Å²) in [6.45, 7) is 0. The molecule has 68 valence electrons. The highest BCUT2D eigenvalue weighted by Gasteiger charge is 2.35. The van der Waals surface area contributed by atoms with Gasteiger partial charge in [0.2, 0.25) is 0 Å². The summed E-state index contributed by atoms with van der Waals surface area (Å²) in [4.78, 5) is 21.9. The number of methoxy groups -OCH3 is 1. The molecule has 2 atom stereocenters. The first kappa shape index (κ1) is 9.19. The molecule has 0 bridgehead atoms. The molecule has 0 unspecified atom stereocenters. The van der Waals surface area contributed by atoms with Gasteiger partial charge >= 0.3 is 5.97 Å². The minimum absolute atomic E-state index is 0.0344. The third-order valence-electron chi connectivity index (χ3n) is 2.18. The average Bonchev–Trinajstić information content (AvgIpc) is 2.48. The second-order valence-corrected chi connectivity index (χ2v) is 2.93. The lowest BCUT2D eigenvalue weighted by atomic mass is 10.0. The fourth-order valence-electron chi connectivity index (χ4n) is 1.46. The maximum atomic E-state index is 11.1. The molecule has 0 spiro atoms. The SMILES string of the molecule is COC(=O)[C@H](O)[C@@H]1CCCC1=O. The molecule has 0 heterocycles. The minimum Gasteiger partial charge on any atom is -0.467 e. The Morgan fingerprint density at radius 1 is 1.75 bits per heavy atom. The molecular formula is C8H12O4. The number of hydrogen-bond donors (Lipinski definition) is 1. The van der Waals surface area contributed by atoms with Crippen LogP contribution in [0.25, 0.3) is 0 Å². The van der Waals surface area contributed by atoms with Crippen molar-refractivity contribution in [3.63, 3.8) is 0 Å². The van der Waals surface area contributed by atoms with Gasteiger partial charge in [-0.05, 0) is 12.8 Å². The van der Waals surface area contributed by atoms with Crippen molar-refractivity contribution in [3.05, 3.63) is 0 Å². The number of aliphatic hydroxyl groups excluding tert-OH is 1. The third kappa shape index (κ3) is 1.64. The topological polar surface area (TPSA) is 63.6 Å². The predicted molar refractivity (Wildman–Crippen MR) is 40.4 cm³/mol. The number of rotatable bonds is 2. The van der Waals surface area contributed by atoms with Crippen LogP contribution < -0.4 is 0 Å². The van der Waals surface area contributed by atoms with E-state index in [0.29, 0.717) is 12.8 Å². The maximum Gasteiger partial charge on any atom is 0.335 e. The van der Waals surface area contributed by atoms with E-state index in [-0.39, 0.29) is 5.78 Å². The van der Waals surface area contributed by atoms with Crippen LogP contribution in [0, 0.1) is 5.92 Å². The van der Waals surface area contributed by atoms with Crippen molar-refractivity contribution >= 4 is 11.8 Å². The van der Waals surface area contributed by atoms with E-state index in [0.717, 1.165) is 6.42 Å². The van der Waals surface area contributed by atoms with E-state index in [9.17, 15) is 14.7 Å². The van der Waals surface area contributed by atoms with Gasteiger partial charge in [0.05, 0.1) is 13.0 Å². The third-order valence-corrected chi connectivity index (χ3v) is 2.18. The van der Waals surface area contributed by atoms with Crippen LogP contribution in [-0.4, -0.2) is 30.1 Å². The number of esters is 1. The first-order chi connectivity index (χ1) is 5.66. The van der Waals surface area contributed by atoms with E-state index in [4.69, 9.17) is 0 Å². The number of ketones is 1. The van der Waals surface area contributed by atoms with E-state index in [1.807, 2.05) is 0 Å².